The van der Waals surface area contributed by atoms with E-state index < -0.39 is 277 Å². The van der Waals surface area contributed by atoms with Gasteiger partial charge in [0.05, 0.1) is 32.0 Å². The van der Waals surface area contributed by atoms with E-state index in [1.165, 1.54) is 43.0 Å². The number of phenols is 1. The van der Waals surface area contributed by atoms with Crippen LogP contribution in [0.1, 0.15) is 212 Å². The first-order valence-electron chi connectivity index (χ1n) is 50.0. The first-order valence-corrected chi connectivity index (χ1v) is 50.6. The van der Waals surface area contributed by atoms with Gasteiger partial charge >= 0.3 is 11.9 Å². The largest absolute Gasteiger partial charge is 0.508 e. The molecule has 0 bridgehead atoms. The number of hydrogen-bond donors (Lipinski definition) is 24. The Labute approximate surface area is 863 Å². The first-order chi connectivity index (χ1) is 69.0. The zero-order valence-electron chi connectivity index (χ0n) is 87.2. The van der Waals surface area contributed by atoms with E-state index in [0.29, 0.717) is 36.0 Å². The van der Waals surface area contributed by atoms with Crippen molar-refractivity contribution >= 4 is 137 Å². The van der Waals surface area contributed by atoms with Gasteiger partial charge in [-0.2, -0.15) is 12.6 Å². The van der Waals surface area contributed by atoms with Crippen molar-refractivity contribution in [3.8, 4) is 5.75 Å². The molecule has 3 aromatic carbocycles. The molecule has 1 saturated heterocycles. The van der Waals surface area contributed by atoms with Gasteiger partial charge in [-0.05, 0) is 135 Å². The Kier molecular flexibility index (Phi) is 53.6. The molecule has 0 aliphatic carbocycles. The van der Waals surface area contributed by atoms with Gasteiger partial charge in [-0.3, -0.25) is 95.9 Å². The molecule has 147 heavy (non-hydrogen) atoms. The summed E-state index contributed by atoms with van der Waals surface area (Å²) in [5.74, 6) is -24.0. The fourth-order valence-corrected chi connectivity index (χ4v) is 16.3. The smallest absolute Gasteiger partial charge is 0.326 e. The number of aliphatic hydroxyl groups is 1. The fraction of sp³-hybridized carbons (Fsp3) is 0.614. The molecule has 0 unspecified atom stereocenters. The predicted octanol–water partition coefficient (Wildman–Crippen LogP) is -1.01. The maximum atomic E-state index is 14.8. The Hall–Kier alpha value is -13.4. The summed E-state index contributed by atoms with van der Waals surface area (Å²) < 4.78 is 0. The molecule has 46 heteroatoms. The Balaban J connectivity index is 1.47. The highest BCUT2D eigenvalue weighted by Gasteiger charge is 2.44. The third kappa shape index (κ3) is 43.7. The van der Waals surface area contributed by atoms with Gasteiger partial charge < -0.3 is 127 Å². The number of aromatic hydroxyl groups is 1. The summed E-state index contributed by atoms with van der Waals surface area (Å²) in [6.45, 7) is 28.2. The van der Waals surface area contributed by atoms with Crippen LogP contribution in [0.4, 0.5) is 0 Å². The van der Waals surface area contributed by atoms with Gasteiger partial charge in [0.15, 0.2) is 0 Å². The number of aliphatic hydroxyl groups excluding tert-OH is 1. The number of carboxylic acid groups (broad SMARTS) is 2. The second kappa shape index (κ2) is 62.6. The normalized spacial score (nSPS) is 16.3. The average Bonchev–Trinajstić information content (AvgIpc) is 1.69. The quantitative estimate of drug-likeness (QED) is 0.0301. The molecular formula is C101H156N20O25S. The number of phenolic OH excluding ortho intramolecular Hbond substituents is 1. The molecule has 816 valence electrons. The summed E-state index contributed by atoms with van der Waals surface area (Å²) in [5, 5.41) is 83.7. The highest BCUT2D eigenvalue weighted by molar-refractivity contribution is 7.80. The van der Waals surface area contributed by atoms with Gasteiger partial charge in [0.2, 0.25) is 112 Å². The van der Waals surface area contributed by atoms with E-state index in [1.54, 1.807) is 158 Å². The third-order valence-corrected chi connectivity index (χ3v) is 24.9. The monoisotopic (exact) mass is 2080 g/mol. The van der Waals surface area contributed by atoms with Gasteiger partial charge in [-0.15, -0.1) is 0 Å². The second-order valence-electron chi connectivity index (χ2n) is 40.0. The lowest BCUT2D eigenvalue weighted by molar-refractivity contribution is -0.144. The summed E-state index contributed by atoms with van der Waals surface area (Å²) in [7, 11) is 0. The van der Waals surface area contributed by atoms with Crippen molar-refractivity contribution in [1.82, 2.24) is 95.3 Å². The van der Waals surface area contributed by atoms with Crippen LogP contribution in [0.25, 0.3) is 0 Å². The first kappa shape index (κ1) is 126. The molecule has 1 heterocycles. The average molecular weight is 2080 g/mol. The molecule has 20 atom stereocenters. The number of carbonyl (C=O) groups excluding carboxylic acids is 19. The van der Waals surface area contributed by atoms with Crippen molar-refractivity contribution < 1.29 is 121 Å². The molecule has 4 rings (SSSR count). The minimum absolute atomic E-state index is 0.0392. The van der Waals surface area contributed by atoms with E-state index in [9.17, 15) is 121 Å². The molecule has 1 fully saturated rings. The summed E-state index contributed by atoms with van der Waals surface area (Å²) in [5.41, 5.74) is 13.1. The molecule has 0 saturated carbocycles. The lowest BCUT2D eigenvalue weighted by atomic mass is 9.96. The zero-order valence-corrected chi connectivity index (χ0v) is 88.1. The van der Waals surface area contributed by atoms with Crippen LogP contribution >= 0.6 is 12.6 Å². The molecule has 45 nitrogen and oxygen atoms in total. The fourth-order valence-electron chi connectivity index (χ4n) is 16.0. The van der Waals surface area contributed by atoms with Gasteiger partial charge in [0.1, 0.15) is 108 Å². The van der Waals surface area contributed by atoms with E-state index in [4.69, 9.17) is 11.5 Å². The lowest BCUT2D eigenvalue weighted by Crippen LogP contribution is -2.62. The van der Waals surface area contributed by atoms with Crippen molar-refractivity contribution in [2.24, 2.45) is 58.8 Å². The summed E-state index contributed by atoms with van der Waals surface area (Å²) in [6.07, 6.45) is -1.10. The number of carbonyl (C=O) groups is 21. The van der Waals surface area contributed by atoms with E-state index in [-0.39, 0.29) is 105 Å². The van der Waals surface area contributed by atoms with Crippen LogP contribution in [-0.4, -0.2) is 284 Å². The van der Waals surface area contributed by atoms with E-state index in [1.807, 2.05) is 13.8 Å². The molecule has 25 N–H and O–H groups in total. The molecule has 19 amide bonds. The number of hydrogen-bond acceptors (Lipinski definition) is 25. The third-order valence-electron chi connectivity index (χ3n) is 24.5. The molecule has 0 spiro atoms. The zero-order chi connectivity index (χ0) is 111. The molecule has 0 radical (unpaired) electrons. The van der Waals surface area contributed by atoms with Gasteiger partial charge in [0, 0.05) is 31.6 Å². The van der Waals surface area contributed by atoms with Gasteiger partial charge in [-0.25, -0.2) is 4.79 Å². The topological polar surface area (TPSA) is 699 Å². The predicted molar refractivity (Wildman–Crippen MR) is 546 cm³/mol. The van der Waals surface area contributed by atoms with Gasteiger partial charge in [0.25, 0.3) is 0 Å². The van der Waals surface area contributed by atoms with Crippen LogP contribution in [0.2, 0.25) is 0 Å². The number of amides is 19. The Morgan fingerprint density at radius 1 is 0.374 bits per heavy atom. The molecular weight excluding hydrogens is 1930 g/mol. The number of likely N-dealkylation sites (tertiary alicyclic amines) is 1. The Bertz CT molecular complexity index is 4960. The Morgan fingerprint density at radius 3 is 1.18 bits per heavy atom. The Morgan fingerprint density at radius 2 is 0.728 bits per heavy atom. The van der Waals surface area contributed by atoms with Crippen molar-refractivity contribution in [2.75, 3.05) is 25.4 Å². The molecule has 3 aromatic rings. The van der Waals surface area contributed by atoms with Crippen molar-refractivity contribution in [1.29, 1.82) is 0 Å². The molecule has 1 aliphatic heterocycles. The number of carboxylic acids is 2. The number of thiol groups is 1. The number of primary amides is 1. The standard InChI is InChI=1S/C101H156N20O25S/c1-19-57(15)82(119-85(129)60(18)106-87(131)66(39-52(5)6)109-92(136)72(46-78(103)124)112-88(132)67(40-53(7)8)108-86(130)65(102)38-51(3)4)99(143)116-75(49-122)95(139)113-73(47-80(126)127)93(137)111-71(44-62-30-25-22-26-31-62)90(134)110-69(42-55(11)12)94(138)118-81(56(13)14)98(142)104-48-79(125)105-59(17)84(128)107-70(43-61-28-23-21-24-29-61)91(135)117-76(50-147)96(140)120-83(58(16)20-2)100(144)121-37-27-32-77(121)97(141)114-68(41-54(9)10)89(133)115-74(101(145)146)45-63-33-35-64(123)36-34-63/h21-26,28-31,33-36,51-60,65-77,81-83,122-123,147H,19-20,27,32,37-50,102H2,1-18H3,(H2,103,124)(H,104,142)(H,105,125)(H,106,131)(H,107,128)(H,108,130)(H,109,136)(H,110,134)(H,111,137)(H,112,132)(H,113,139)(H,114,141)(H,115,133)(H,116,143)(H,117,135)(H,118,138)(H,119,129)(H,120,140)(H,126,127)(H,145,146)/t57-,58-,59-,60-,65-,66-,67-,68-,69-,70-,71-,72-,73-,74-,75-,76-,77-,81-,82-,83-/m0/s1. The highest BCUT2D eigenvalue weighted by atomic mass is 32.1. The molecule has 1 aliphatic rings. The van der Waals surface area contributed by atoms with Gasteiger partial charge in [-0.1, -0.05) is 196 Å². The van der Waals surface area contributed by atoms with E-state index in [2.05, 4.69) is 103 Å². The van der Waals surface area contributed by atoms with E-state index in [0.717, 1.165) is 0 Å². The molecule has 0 aromatic heterocycles. The lowest BCUT2D eigenvalue weighted by Gasteiger charge is -2.33. The summed E-state index contributed by atoms with van der Waals surface area (Å²) in [4.78, 5) is 294. The summed E-state index contributed by atoms with van der Waals surface area (Å²) in [6, 6.07) is -3.92. The number of aliphatic carboxylic acids is 2. The SMILES string of the molecule is CC[C@H](C)[C@H](NC(=O)[C@H](C)NC(=O)[C@H](CC(C)C)NC(=O)[C@H](CC(N)=O)NC(=O)[C@H](CC(C)C)NC(=O)[C@@H](N)CC(C)C)C(=O)N[C@@H](CO)C(=O)N[C@@H](CC(=O)O)C(=O)N[C@@H](Cc1ccccc1)C(=O)N[C@@H](CC(C)C)C(=O)N[C@H](C(=O)NCC(=O)N[C@@H](C)C(=O)N[C@@H](Cc1ccccc1)C(=O)N[C@@H](CS)C(=O)N[C@H](C(=O)N1CCC[C@H]1C(=O)N[C@@H](CC(C)C)C(=O)N[C@@H](Cc1ccc(O)cc1)C(=O)O)[C@@H](C)CC)C(C)C. The number of benzene rings is 3. The van der Waals surface area contributed by atoms with Crippen LogP contribution in [-0.2, 0) is 120 Å². The van der Waals surface area contributed by atoms with Crippen molar-refractivity contribution in [3.63, 3.8) is 0 Å². The number of nitrogens with two attached hydrogens (primary N) is 2. The number of rotatable bonds is 63. The highest BCUT2D eigenvalue weighted by Crippen LogP contribution is 2.25. The summed E-state index contributed by atoms with van der Waals surface area (Å²) >= 11 is 4.39. The number of nitrogens with zero attached hydrogens (tertiary/aromatic N) is 1. The van der Waals surface area contributed by atoms with Crippen molar-refractivity contribution in [2.45, 2.75) is 323 Å². The maximum Gasteiger partial charge on any atom is 0.326 e. The number of nitrogens with one attached hydrogen (secondary N) is 17. The maximum absolute atomic E-state index is 14.8. The van der Waals surface area contributed by atoms with E-state index >= 15 is 0 Å². The van der Waals surface area contributed by atoms with Crippen LogP contribution in [0.5, 0.6) is 5.75 Å². The second-order valence-corrected chi connectivity index (χ2v) is 40.4. The van der Waals surface area contributed by atoms with Crippen LogP contribution in [0.15, 0.2) is 84.9 Å². The van der Waals surface area contributed by atoms with Crippen molar-refractivity contribution in [3.05, 3.63) is 102 Å². The van der Waals surface area contributed by atoms with Crippen LogP contribution in [0, 0.1) is 47.3 Å². The minimum atomic E-state index is -2.06. The minimum Gasteiger partial charge on any atom is -0.508 e. The van der Waals surface area contributed by atoms with Crippen LogP contribution < -0.4 is 102 Å². The van der Waals surface area contributed by atoms with Crippen LogP contribution in [0.3, 0.4) is 0 Å².